The van der Waals surface area contributed by atoms with E-state index in [0.29, 0.717) is 16.4 Å². The molecule has 134 valence electrons. The Morgan fingerprint density at radius 3 is 2.62 bits per heavy atom. The predicted octanol–water partition coefficient (Wildman–Crippen LogP) is 4.50. The zero-order valence-electron chi connectivity index (χ0n) is 13.4. The number of hydrogen-bond donors (Lipinski definition) is 1. The Morgan fingerprint density at radius 2 is 2.00 bits per heavy atom. The van der Waals surface area contributed by atoms with Crippen LogP contribution in [0.3, 0.4) is 0 Å². The van der Waals surface area contributed by atoms with Gasteiger partial charge in [-0.1, -0.05) is 11.6 Å². The molecule has 0 saturated heterocycles. The lowest BCUT2D eigenvalue weighted by Gasteiger charge is -2.12. The highest BCUT2D eigenvalue weighted by atomic mass is 35.5. The Bertz CT molecular complexity index is 955. The fourth-order valence-corrected chi connectivity index (χ4v) is 2.54. The van der Waals surface area contributed by atoms with Gasteiger partial charge in [0.2, 0.25) is 0 Å². The molecule has 0 bridgehead atoms. The van der Waals surface area contributed by atoms with Crippen LogP contribution in [0.15, 0.2) is 48.8 Å². The quantitative estimate of drug-likeness (QED) is 0.727. The molecule has 0 spiro atoms. The average molecular weight is 381 g/mol. The van der Waals surface area contributed by atoms with E-state index >= 15 is 0 Å². The molecular formula is C17H12ClF3N4O. The van der Waals surface area contributed by atoms with Crippen molar-refractivity contribution in [2.75, 3.05) is 5.32 Å². The number of nitrogens with one attached hydrogen (secondary N) is 1. The van der Waals surface area contributed by atoms with Crippen LogP contribution in [-0.2, 0) is 6.18 Å². The Hall–Kier alpha value is -2.87. The molecule has 0 aliphatic rings. The van der Waals surface area contributed by atoms with Crippen molar-refractivity contribution in [3.05, 3.63) is 70.8 Å². The fourth-order valence-electron chi connectivity index (χ4n) is 2.33. The lowest BCUT2D eigenvalue weighted by Crippen LogP contribution is -2.16. The van der Waals surface area contributed by atoms with E-state index in [4.69, 9.17) is 11.6 Å². The third-order valence-corrected chi connectivity index (χ3v) is 3.90. The second-order valence-electron chi connectivity index (χ2n) is 5.40. The number of carbonyl (C=O) groups excluding carboxylic acids is 1. The minimum Gasteiger partial charge on any atom is -0.322 e. The molecule has 0 fully saturated rings. The number of amides is 1. The van der Waals surface area contributed by atoms with Crippen LogP contribution in [-0.4, -0.2) is 20.7 Å². The van der Waals surface area contributed by atoms with Gasteiger partial charge in [0.25, 0.3) is 5.91 Å². The highest BCUT2D eigenvalue weighted by molar-refractivity contribution is 6.32. The van der Waals surface area contributed by atoms with Crippen molar-refractivity contribution >= 4 is 23.2 Å². The molecule has 3 aromatic rings. The molecule has 0 unspecified atom stereocenters. The molecule has 0 aliphatic heterocycles. The number of halogens is 4. The van der Waals surface area contributed by atoms with Gasteiger partial charge in [-0.05, 0) is 43.3 Å². The molecule has 0 radical (unpaired) electrons. The third-order valence-electron chi connectivity index (χ3n) is 3.58. The van der Waals surface area contributed by atoms with Crippen molar-refractivity contribution in [1.29, 1.82) is 0 Å². The van der Waals surface area contributed by atoms with Gasteiger partial charge in [-0.25, -0.2) is 9.67 Å². The number of rotatable bonds is 3. The van der Waals surface area contributed by atoms with E-state index in [0.717, 1.165) is 12.1 Å². The first-order chi connectivity index (χ1) is 12.3. The van der Waals surface area contributed by atoms with Gasteiger partial charge < -0.3 is 5.32 Å². The summed E-state index contributed by atoms with van der Waals surface area (Å²) in [6.07, 6.45) is -1.29. The summed E-state index contributed by atoms with van der Waals surface area (Å²) in [5, 5.41) is 7.13. The first kappa shape index (κ1) is 17.9. The van der Waals surface area contributed by atoms with Crippen LogP contribution in [0.25, 0.3) is 5.69 Å². The summed E-state index contributed by atoms with van der Waals surface area (Å²) in [5.74, 6) is -0.572. The van der Waals surface area contributed by atoms with Crippen molar-refractivity contribution in [1.82, 2.24) is 14.8 Å². The van der Waals surface area contributed by atoms with Gasteiger partial charge in [-0.3, -0.25) is 4.79 Å². The summed E-state index contributed by atoms with van der Waals surface area (Å²) >= 11 is 6.14. The van der Waals surface area contributed by atoms with Gasteiger partial charge >= 0.3 is 6.18 Å². The molecule has 2 heterocycles. The third kappa shape index (κ3) is 3.70. The monoisotopic (exact) mass is 380 g/mol. The number of carbonyl (C=O) groups is 1. The molecule has 1 aromatic carbocycles. The van der Waals surface area contributed by atoms with Crippen LogP contribution in [0.4, 0.5) is 18.9 Å². The van der Waals surface area contributed by atoms with Crippen LogP contribution >= 0.6 is 11.6 Å². The van der Waals surface area contributed by atoms with Crippen molar-refractivity contribution in [2.45, 2.75) is 13.1 Å². The number of nitrogens with zero attached hydrogens (tertiary/aromatic N) is 3. The summed E-state index contributed by atoms with van der Waals surface area (Å²) in [6, 6.07) is 8.38. The number of alkyl halides is 3. The Balaban J connectivity index is 1.86. The van der Waals surface area contributed by atoms with Gasteiger partial charge in [0.05, 0.1) is 22.0 Å². The first-order valence-corrected chi connectivity index (χ1v) is 7.79. The number of aromatic nitrogens is 3. The maximum atomic E-state index is 12.7. The van der Waals surface area contributed by atoms with Crippen LogP contribution in [0.5, 0.6) is 0 Å². The molecule has 0 aliphatic carbocycles. The van der Waals surface area contributed by atoms with Gasteiger partial charge in [0.1, 0.15) is 5.69 Å². The second-order valence-corrected chi connectivity index (χ2v) is 5.81. The standard InChI is InChI=1S/C17H12ClF3N4O/c1-10-12(4-6-15(23-10)17(19,20)21)16(26)24-11-3-5-13(18)14(9-11)25-8-2-7-22-25/h2-9H,1H3,(H,24,26). The number of aryl methyl sites for hydroxylation is 1. The molecule has 3 rings (SSSR count). The Labute approximate surface area is 151 Å². The van der Waals surface area contributed by atoms with Gasteiger partial charge in [-0.2, -0.15) is 18.3 Å². The average Bonchev–Trinajstić information content (AvgIpc) is 3.10. The van der Waals surface area contributed by atoms with E-state index in [9.17, 15) is 18.0 Å². The van der Waals surface area contributed by atoms with E-state index in [1.165, 1.54) is 11.6 Å². The molecule has 26 heavy (non-hydrogen) atoms. The molecular weight excluding hydrogens is 369 g/mol. The topological polar surface area (TPSA) is 59.8 Å². The number of benzene rings is 1. The summed E-state index contributed by atoms with van der Waals surface area (Å²) < 4.78 is 39.6. The minimum atomic E-state index is -4.56. The van der Waals surface area contributed by atoms with E-state index in [2.05, 4.69) is 15.4 Å². The normalized spacial score (nSPS) is 11.4. The molecule has 0 atom stereocenters. The van der Waals surface area contributed by atoms with Crippen molar-refractivity contribution in [2.24, 2.45) is 0 Å². The van der Waals surface area contributed by atoms with E-state index in [1.807, 2.05) is 0 Å². The zero-order valence-corrected chi connectivity index (χ0v) is 14.1. The maximum Gasteiger partial charge on any atom is 0.433 e. The lowest BCUT2D eigenvalue weighted by atomic mass is 10.1. The summed E-state index contributed by atoms with van der Waals surface area (Å²) in [7, 11) is 0. The van der Waals surface area contributed by atoms with Gasteiger partial charge in [-0.15, -0.1) is 0 Å². The van der Waals surface area contributed by atoms with E-state index in [1.54, 1.807) is 36.7 Å². The van der Waals surface area contributed by atoms with Gasteiger partial charge in [0, 0.05) is 18.1 Å². The van der Waals surface area contributed by atoms with E-state index in [-0.39, 0.29) is 11.3 Å². The highest BCUT2D eigenvalue weighted by Crippen LogP contribution is 2.28. The first-order valence-electron chi connectivity index (χ1n) is 7.41. The number of pyridine rings is 1. The van der Waals surface area contributed by atoms with Crippen LogP contribution < -0.4 is 5.32 Å². The summed E-state index contributed by atoms with van der Waals surface area (Å²) in [5.41, 5.74) is -0.0351. The van der Waals surface area contributed by atoms with E-state index < -0.39 is 17.8 Å². The largest absolute Gasteiger partial charge is 0.433 e. The fraction of sp³-hybridized carbons (Fsp3) is 0.118. The van der Waals surface area contributed by atoms with Crippen LogP contribution in [0, 0.1) is 6.92 Å². The molecule has 2 aromatic heterocycles. The van der Waals surface area contributed by atoms with Crippen LogP contribution in [0.1, 0.15) is 21.7 Å². The maximum absolute atomic E-state index is 12.7. The highest BCUT2D eigenvalue weighted by Gasteiger charge is 2.33. The molecule has 5 nitrogen and oxygen atoms in total. The summed E-state index contributed by atoms with van der Waals surface area (Å²) in [6.45, 7) is 1.35. The van der Waals surface area contributed by atoms with Crippen molar-refractivity contribution in [3.8, 4) is 5.69 Å². The smallest absolute Gasteiger partial charge is 0.322 e. The Kier molecular flexibility index (Phi) is 4.69. The SMILES string of the molecule is Cc1nc(C(F)(F)F)ccc1C(=O)Nc1ccc(Cl)c(-n2cccn2)c1. The molecule has 1 amide bonds. The lowest BCUT2D eigenvalue weighted by molar-refractivity contribution is -0.141. The number of anilines is 1. The molecule has 0 saturated carbocycles. The molecule has 1 N–H and O–H groups in total. The van der Waals surface area contributed by atoms with Crippen molar-refractivity contribution in [3.63, 3.8) is 0 Å². The summed E-state index contributed by atoms with van der Waals surface area (Å²) in [4.78, 5) is 15.8. The predicted molar refractivity (Wildman–Crippen MR) is 90.5 cm³/mol. The van der Waals surface area contributed by atoms with Crippen molar-refractivity contribution < 1.29 is 18.0 Å². The second kappa shape index (κ2) is 6.80. The Morgan fingerprint density at radius 1 is 1.23 bits per heavy atom. The van der Waals surface area contributed by atoms with Crippen LogP contribution in [0.2, 0.25) is 5.02 Å². The number of hydrogen-bond acceptors (Lipinski definition) is 3. The van der Waals surface area contributed by atoms with Gasteiger partial charge in [0.15, 0.2) is 0 Å². The minimum absolute atomic E-state index is 0.0152. The molecule has 9 heteroatoms. The zero-order chi connectivity index (χ0) is 18.9.